The summed E-state index contributed by atoms with van der Waals surface area (Å²) in [5.74, 6) is 0.0372. The van der Waals surface area contributed by atoms with Crippen LogP contribution in [0.25, 0.3) is 11.1 Å². The highest BCUT2D eigenvalue weighted by molar-refractivity contribution is 5.95. The van der Waals surface area contributed by atoms with Gasteiger partial charge in [0.1, 0.15) is 0 Å². The summed E-state index contributed by atoms with van der Waals surface area (Å²) in [6.45, 7) is 3.91. The Labute approximate surface area is 155 Å². The Kier molecular flexibility index (Phi) is 7.67. The maximum Gasteiger partial charge on any atom is 0.255 e. The number of halogens is 2. The number of carbonyl (C=O) groups is 1. The van der Waals surface area contributed by atoms with Crippen LogP contribution in [0.2, 0.25) is 0 Å². The average Bonchev–Trinajstić information content (AvgIpc) is 3.09. The van der Waals surface area contributed by atoms with Crippen molar-refractivity contribution in [2.24, 2.45) is 0 Å². The third kappa shape index (κ3) is 4.47. The summed E-state index contributed by atoms with van der Waals surface area (Å²) in [6.07, 6.45) is 4.46. The number of rotatable bonds is 3. The quantitative estimate of drug-likeness (QED) is 0.904. The zero-order chi connectivity index (χ0) is 15.5. The number of nitrogens with zero attached hydrogens (tertiary/aromatic N) is 2. The van der Waals surface area contributed by atoms with Crippen LogP contribution in [0.1, 0.15) is 22.3 Å². The molecule has 1 unspecified atom stereocenters. The minimum Gasteiger partial charge on any atom is -0.337 e. The molecule has 24 heavy (non-hydrogen) atoms. The second-order valence-corrected chi connectivity index (χ2v) is 5.89. The molecule has 1 atom stereocenters. The Hall–Kier alpha value is -1.62. The second-order valence-electron chi connectivity index (χ2n) is 5.89. The first-order valence-corrected chi connectivity index (χ1v) is 7.65. The molecule has 1 amide bonds. The van der Waals surface area contributed by atoms with Crippen molar-refractivity contribution < 1.29 is 4.79 Å². The van der Waals surface area contributed by atoms with Gasteiger partial charge < -0.3 is 10.2 Å². The minimum atomic E-state index is 0. The maximum absolute atomic E-state index is 12.6. The van der Waals surface area contributed by atoms with Gasteiger partial charge in [-0.3, -0.25) is 9.78 Å². The molecule has 2 aromatic rings. The van der Waals surface area contributed by atoms with E-state index in [-0.39, 0.29) is 36.8 Å². The van der Waals surface area contributed by atoms with Crippen LogP contribution in [-0.4, -0.2) is 42.0 Å². The fraction of sp³-hybridized carbons (Fsp3) is 0.333. The lowest BCUT2D eigenvalue weighted by molar-refractivity contribution is 0.0743. The number of pyridine rings is 1. The molecule has 1 aromatic carbocycles. The number of hydrogen-bond acceptors (Lipinski definition) is 3. The standard InChI is InChI=1S/C18H21N3O.2ClH/c1-13-3-5-14(6-4-13)15-9-16(11-20-10-15)18(22)21(2)17-7-8-19-12-17;;/h3-6,9-11,17,19H,7-8,12H2,1-2H3;2*1H. The van der Waals surface area contributed by atoms with Gasteiger partial charge in [0.05, 0.1) is 5.56 Å². The molecule has 0 spiro atoms. The maximum atomic E-state index is 12.6. The van der Waals surface area contributed by atoms with E-state index in [2.05, 4.69) is 41.5 Å². The molecule has 130 valence electrons. The van der Waals surface area contributed by atoms with Crippen LogP contribution in [-0.2, 0) is 0 Å². The van der Waals surface area contributed by atoms with Crippen molar-refractivity contribution in [3.63, 3.8) is 0 Å². The first kappa shape index (κ1) is 20.4. The third-order valence-corrected chi connectivity index (χ3v) is 4.27. The highest BCUT2D eigenvalue weighted by Gasteiger charge is 2.24. The van der Waals surface area contributed by atoms with Crippen molar-refractivity contribution in [2.75, 3.05) is 20.1 Å². The van der Waals surface area contributed by atoms with Crippen LogP contribution in [0, 0.1) is 6.92 Å². The lowest BCUT2D eigenvalue weighted by Crippen LogP contribution is -2.38. The SMILES string of the molecule is Cc1ccc(-c2cncc(C(=O)N(C)C3CCNC3)c2)cc1.Cl.Cl. The summed E-state index contributed by atoms with van der Waals surface area (Å²) in [5, 5.41) is 3.29. The van der Waals surface area contributed by atoms with E-state index < -0.39 is 0 Å². The number of aryl methyl sites for hydroxylation is 1. The average molecular weight is 368 g/mol. The molecular formula is C18H23Cl2N3O. The molecule has 1 fully saturated rings. The number of likely N-dealkylation sites (N-methyl/N-ethyl adjacent to an activating group) is 1. The van der Waals surface area contributed by atoms with Gasteiger partial charge in [-0.25, -0.2) is 0 Å². The van der Waals surface area contributed by atoms with Gasteiger partial charge in [-0.15, -0.1) is 24.8 Å². The van der Waals surface area contributed by atoms with Crippen molar-refractivity contribution in [1.29, 1.82) is 0 Å². The number of amides is 1. The molecule has 0 aliphatic carbocycles. The smallest absolute Gasteiger partial charge is 0.255 e. The summed E-state index contributed by atoms with van der Waals surface area (Å²) < 4.78 is 0. The predicted molar refractivity (Wildman–Crippen MR) is 102 cm³/mol. The van der Waals surface area contributed by atoms with E-state index in [4.69, 9.17) is 0 Å². The Morgan fingerprint density at radius 1 is 1.17 bits per heavy atom. The topological polar surface area (TPSA) is 45.2 Å². The van der Waals surface area contributed by atoms with E-state index in [1.807, 2.05) is 18.0 Å². The molecule has 1 aliphatic rings. The van der Waals surface area contributed by atoms with Crippen LogP contribution < -0.4 is 5.32 Å². The van der Waals surface area contributed by atoms with Crippen molar-refractivity contribution in [2.45, 2.75) is 19.4 Å². The van der Waals surface area contributed by atoms with Crippen LogP contribution >= 0.6 is 24.8 Å². The van der Waals surface area contributed by atoms with Gasteiger partial charge in [-0.2, -0.15) is 0 Å². The zero-order valence-corrected chi connectivity index (χ0v) is 15.5. The molecule has 3 rings (SSSR count). The molecule has 6 heteroatoms. The van der Waals surface area contributed by atoms with Gasteiger partial charge in [-0.05, 0) is 31.5 Å². The first-order valence-electron chi connectivity index (χ1n) is 7.65. The Morgan fingerprint density at radius 2 is 1.88 bits per heavy atom. The zero-order valence-electron chi connectivity index (χ0n) is 13.9. The lowest BCUT2D eigenvalue weighted by atomic mass is 10.0. The van der Waals surface area contributed by atoms with E-state index in [1.54, 1.807) is 12.4 Å². The molecule has 0 saturated carbocycles. The number of carbonyl (C=O) groups excluding carboxylic acids is 1. The second kappa shape index (κ2) is 9.02. The third-order valence-electron chi connectivity index (χ3n) is 4.27. The number of benzene rings is 1. The van der Waals surface area contributed by atoms with Crippen LogP contribution in [0.5, 0.6) is 0 Å². The van der Waals surface area contributed by atoms with Gasteiger partial charge in [-0.1, -0.05) is 29.8 Å². The van der Waals surface area contributed by atoms with E-state index in [1.165, 1.54) is 5.56 Å². The fourth-order valence-electron chi connectivity index (χ4n) is 2.80. The van der Waals surface area contributed by atoms with Crippen molar-refractivity contribution in [3.8, 4) is 11.1 Å². The summed E-state index contributed by atoms with van der Waals surface area (Å²) in [7, 11) is 1.87. The van der Waals surface area contributed by atoms with Crippen LogP contribution in [0.4, 0.5) is 0 Å². The highest BCUT2D eigenvalue weighted by Crippen LogP contribution is 2.21. The molecule has 4 nitrogen and oxygen atoms in total. The summed E-state index contributed by atoms with van der Waals surface area (Å²) >= 11 is 0. The molecule has 1 aliphatic heterocycles. The van der Waals surface area contributed by atoms with E-state index in [0.717, 1.165) is 30.6 Å². The summed E-state index contributed by atoms with van der Waals surface area (Å²) in [5.41, 5.74) is 3.92. The number of nitrogens with one attached hydrogen (secondary N) is 1. The minimum absolute atomic E-state index is 0. The molecule has 1 saturated heterocycles. The van der Waals surface area contributed by atoms with E-state index >= 15 is 0 Å². The Bertz CT molecular complexity index is 670. The molecule has 1 aromatic heterocycles. The molecule has 2 heterocycles. The monoisotopic (exact) mass is 367 g/mol. The fourth-order valence-corrected chi connectivity index (χ4v) is 2.80. The molecular weight excluding hydrogens is 345 g/mol. The van der Waals surface area contributed by atoms with Crippen molar-refractivity contribution in [3.05, 3.63) is 53.9 Å². The molecule has 0 bridgehead atoms. The van der Waals surface area contributed by atoms with Crippen molar-refractivity contribution in [1.82, 2.24) is 15.2 Å². The van der Waals surface area contributed by atoms with Gasteiger partial charge in [0.2, 0.25) is 0 Å². The van der Waals surface area contributed by atoms with E-state index in [0.29, 0.717) is 5.56 Å². The van der Waals surface area contributed by atoms with E-state index in [9.17, 15) is 4.79 Å². The van der Waals surface area contributed by atoms with Crippen LogP contribution in [0.3, 0.4) is 0 Å². The predicted octanol–water partition coefficient (Wildman–Crippen LogP) is 3.33. The largest absolute Gasteiger partial charge is 0.337 e. The van der Waals surface area contributed by atoms with Gasteiger partial charge in [0.25, 0.3) is 5.91 Å². The van der Waals surface area contributed by atoms with Crippen molar-refractivity contribution >= 4 is 30.7 Å². The highest BCUT2D eigenvalue weighted by atomic mass is 35.5. The summed E-state index contributed by atoms with van der Waals surface area (Å²) in [4.78, 5) is 18.7. The Balaban J connectivity index is 0.00000144. The summed E-state index contributed by atoms with van der Waals surface area (Å²) in [6, 6.07) is 10.5. The normalized spacial score (nSPS) is 16.0. The first-order chi connectivity index (χ1) is 10.6. The Morgan fingerprint density at radius 3 is 2.50 bits per heavy atom. The van der Waals surface area contributed by atoms with Gasteiger partial charge in [0, 0.05) is 37.6 Å². The van der Waals surface area contributed by atoms with Gasteiger partial charge >= 0.3 is 0 Å². The molecule has 1 N–H and O–H groups in total. The van der Waals surface area contributed by atoms with Crippen LogP contribution in [0.15, 0.2) is 42.7 Å². The molecule has 0 radical (unpaired) electrons. The lowest BCUT2D eigenvalue weighted by Gasteiger charge is -2.23. The number of aromatic nitrogens is 1. The number of hydrogen-bond donors (Lipinski definition) is 1. The van der Waals surface area contributed by atoms with Gasteiger partial charge in [0.15, 0.2) is 0 Å².